The normalized spacial score (nSPS) is 20.4. The quantitative estimate of drug-likeness (QED) is 0.195. The Bertz CT molecular complexity index is 882. The molecule has 1 aliphatic carbocycles. The lowest BCUT2D eigenvalue weighted by Crippen LogP contribution is -2.43. The standard InChI is InChI=1S/C21H29BrF2O6S2/c1-31(17-11-5-4-6-12-17,19-14-8-7-13-18(19)25)30-32(27,28)21(23,24)20(26)29-16-10-3-2-9-15-22/h4-6,11-12,19H,2-3,7-10,13-16H2,1H3. The number of rotatable bonds is 12. The average Bonchev–Trinajstić information content (AvgIpc) is 2.76. The molecule has 0 saturated heterocycles. The molecule has 1 aliphatic rings. The Kier molecular flexibility index (Phi) is 10.1. The lowest BCUT2D eigenvalue weighted by Gasteiger charge is -2.42. The van der Waals surface area contributed by atoms with Gasteiger partial charge in [0.1, 0.15) is 5.78 Å². The topological polar surface area (TPSA) is 86.7 Å². The summed E-state index contributed by atoms with van der Waals surface area (Å²) in [4.78, 5) is 24.9. The van der Waals surface area contributed by atoms with Gasteiger partial charge in [-0.15, -0.1) is 0 Å². The molecule has 6 nitrogen and oxygen atoms in total. The highest BCUT2D eigenvalue weighted by Gasteiger charge is 2.59. The van der Waals surface area contributed by atoms with E-state index in [9.17, 15) is 26.8 Å². The average molecular weight is 559 g/mol. The van der Waals surface area contributed by atoms with Crippen LogP contribution < -0.4 is 0 Å². The number of unbranched alkanes of at least 4 members (excludes halogenated alkanes) is 3. The molecule has 0 heterocycles. The molecule has 0 amide bonds. The Morgan fingerprint density at radius 3 is 2.41 bits per heavy atom. The highest BCUT2D eigenvalue weighted by molar-refractivity contribution is 9.09. The van der Waals surface area contributed by atoms with Gasteiger partial charge in [0.05, 0.1) is 11.9 Å². The zero-order valence-corrected chi connectivity index (χ0v) is 21.2. The molecule has 0 spiro atoms. The van der Waals surface area contributed by atoms with E-state index < -0.39 is 36.9 Å². The van der Waals surface area contributed by atoms with Crippen molar-refractivity contribution in [2.24, 2.45) is 0 Å². The number of hydrogen-bond donors (Lipinski definition) is 0. The number of ether oxygens (including phenoxy) is 1. The van der Waals surface area contributed by atoms with Gasteiger partial charge in [0.2, 0.25) is 0 Å². The van der Waals surface area contributed by atoms with Gasteiger partial charge in [0.15, 0.2) is 0 Å². The summed E-state index contributed by atoms with van der Waals surface area (Å²) in [5.41, 5.74) is 0. The molecule has 1 saturated carbocycles. The minimum Gasteiger partial charge on any atom is -0.460 e. The molecule has 1 aromatic rings. The molecule has 11 heteroatoms. The second-order valence-electron chi connectivity index (χ2n) is 7.70. The van der Waals surface area contributed by atoms with Crippen molar-refractivity contribution in [2.45, 2.75) is 66.8 Å². The van der Waals surface area contributed by atoms with E-state index in [-0.39, 0.29) is 18.8 Å². The number of benzene rings is 1. The number of halogens is 3. The van der Waals surface area contributed by atoms with Crippen molar-refractivity contribution in [3.05, 3.63) is 30.3 Å². The molecule has 182 valence electrons. The van der Waals surface area contributed by atoms with Crippen molar-refractivity contribution in [1.29, 1.82) is 0 Å². The smallest absolute Gasteiger partial charge is 0.460 e. The molecule has 0 aromatic heterocycles. The van der Waals surface area contributed by atoms with Crippen LogP contribution in [0, 0.1) is 0 Å². The summed E-state index contributed by atoms with van der Waals surface area (Å²) >= 11 is 3.28. The maximum Gasteiger partial charge on any atom is 0.466 e. The molecule has 2 unspecified atom stereocenters. The summed E-state index contributed by atoms with van der Waals surface area (Å²) in [5.74, 6) is -2.38. The molecule has 0 radical (unpaired) electrons. The van der Waals surface area contributed by atoms with Gasteiger partial charge in [-0.3, -0.25) is 4.79 Å². The van der Waals surface area contributed by atoms with Gasteiger partial charge >= 0.3 is 21.3 Å². The minimum atomic E-state index is -5.72. The first-order valence-corrected chi connectivity index (χ1v) is 15.0. The fourth-order valence-corrected chi connectivity index (χ4v) is 8.94. The van der Waals surface area contributed by atoms with Crippen LogP contribution in [0.5, 0.6) is 0 Å². The molecule has 32 heavy (non-hydrogen) atoms. The molecule has 1 aromatic carbocycles. The van der Waals surface area contributed by atoms with Crippen LogP contribution in [0.25, 0.3) is 0 Å². The van der Waals surface area contributed by atoms with Crippen molar-refractivity contribution in [3.63, 3.8) is 0 Å². The SMILES string of the molecule is CS(OS(=O)(=O)C(F)(F)C(=O)OCCCCCCBr)(c1ccccc1)C1CCCCC1=O. The fourth-order valence-electron chi connectivity index (χ4n) is 3.50. The van der Waals surface area contributed by atoms with Crippen LogP contribution in [-0.4, -0.2) is 48.9 Å². The number of ketones is 1. The minimum absolute atomic E-state index is 0.220. The second kappa shape index (κ2) is 11.9. The molecule has 1 fully saturated rings. The summed E-state index contributed by atoms with van der Waals surface area (Å²) in [7, 11) is -8.73. The number of carbonyl (C=O) groups excluding carboxylic acids is 2. The number of Topliss-reactive ketones (excluding diaryl/α,β-unsaturated/α-hetero) is 1. The van der Waals surface area contributed by atoms with E-state index in [4.69, 9.17) is 3.63 Å². The Morgan fingerprint density at radius 1 is 1.12 bits per heavy atom. The van der Waals surface area contributed by atoms with Crippen molar-refractivity contribution >= 4 is 48.1 Å². The van der Waals surface area contributed by atoms with E-state index in [0.717, 1.165) is 18.2 Å². The number of esters is 1. The second-order valence-corrected chi connectivity index (χ2v) is 13.3. The van der Waals surface area contributed by atoms with Crippen molar-refractivity contribution in [2.75, 3.05) is 18.2 Å². The zero-order chi connectivity index (χ0) is 23.8. The Hall–Kier alpha value is -1.04. The molecular formula is C21H29BrF2O6S2. The molecule has 0 bridgehead atoms. The van der Waals surface area contributed by atoms with Crippen LogP contribution in [0.1, 0.15) is 51.4 Å². The Labute approximate surface area is 198 Å². The van der Waals surface area contributed by atoms with Gasteiger partial charge in [0, 0.05) is 16.6 Å². The maximum atomic E-state index is 14.7. The van der Waals surface area contributed by atoms with Gasteiger partial charge in [-0.2, -0.15) is 17.2 Å². The Morgan fingerprint density at radius 2 is 1.78 bits per heavy atom. The van der Waals surface area contributed by atoms with Crippen molar-refractivity contribution in [1.82, 2.24) is 0 Å². The number of alkyl halides is 3. The molecule has 0 N–H and O–H groups in total. The highest BCUT2D eigenvalue weighted by Crippen LogP contribution is 2.62. The third-order valence-corrected chi connectivity index (χ3v) is 11.3. The van der Waals surface area contributed by atoms with E-state index in [1.165, 1.54) is 6.26 Å². The van der Waals surface area contributed by atoms with Gasteiger partial charge in [-0.25, -0.2) is 8.42 Å². The largest absolute Gasteiger partial charge is 0.466 e. The monoisotopic (exact) mass is 558 g/mol. The number of carbonyl (C=O) groups is 2. The highest BCUT2D eigenvalue weighted by atomic mass is 79.9. The van der Waals surface area contributed by atoms with E-state index in [0.29, 0.717) is 37.0 Å². The lowest BCUT2D eigenvalue weighted by atomic mass is 9.99. The van der Waals surface area contributed by atoms with Crippen LogP contribution in [0.4, 0.5) is 8.78 Å². The third-order valence-electron chi connectivity index (χ3n) is 5.30. The third kappa shape index (κ3) is 6.51. The summed E-state index contributed by atoms with van der Waals surface area (Å²) in [6.07, 6.45) is 6.00. The maximum absolute atomic E-state index is 14.7. The predicted molar refractivity (Wildman–Crippen MR) is 124 cm³/mol. The molecular weight excluding hydrogens is 530 g/mol. The molecule has 2 rings (SSSR count). The van der Waals surface area contributed by atoms with Crippen molar-refractivity contribution in [3.8, 4) is 0 Å². The first-order chi connectivity index (χ1) is 15.1. The van der Waals surface area contributed by atoms with Crippen LogP contribution in [0.3, 0.4) is 0 Å². The lowest BCUT2D eigenvalue weighted by molar-refractivity contribution is -0.161. The summed E-state index contributed by atoms with van der Waals surface area (Å²) in [6, 6.07) is 8.02. The van der Waals surface area contributed by atoms with Gasteiger partial charge in [0.25, 0.3) is 0 Å². The fraction of sp³-hybridized carbons (Fsp3) is 0.619. The first kappa shape index (κ1) is 27.2. The first-order valence-electron chi connectivity index (χ1n) is 10.5. The molecule has 0 aliphatic heterocycles. The van der Waals surface area contributed by atoms with Crippen LogP contribution in [-0.2, 0) is 28.1 Å². The van der Waals surface area contributed by atoms with Gasteiger partial charge in [-0.05, 0) is 44.1 Å². The van der Waals surface area contributed by atoms with Crippen LogP contribution >= 0.6 is 26.2 Å². The molecule has 2 atom stereocenters. The zero-order valence-electron chi connectivity index (χ0n) is 17.9. The van der Waals surface area contributed by atoms with Crippen LogP contribution in [0.15, 0.2) is 35.2 Å². The van der Waals surface area contributed by atoms with E-state index in [2.05, 4.69) is 20.7 Å². The van der Waals surface area contributed by atoms with E-state index in [1.54, 1.807) is 30.3 Å². The summed E-state index contributed by atoms with van der Waals surface area (Å²) in [5, 5.41) is -4.93. The predicted octanol–water partition coefficient (Wildman–Crippen LogP) is 5.34. The summed E-state index contributed by atoms with van der Waals surface area (Å²) in [6.45, 7) is -0.309. The summed E-state index contributed by atoms with van der Waals surface area (Å²) < 4.78 is 64.3. The van der Waals surface area contributed by atoms with E-state index >= 15 is 0 Å². The van der Waals surface area contributed by atoms with Gasteiger partial charge < -0.3 is 4.74 Å². The van der Waals surface area contributed by atoms with Crippen LogP contribution in [0.2, 0.25) is 0 Å². The van der Waals surface area contributed by atoms with Crippen molar-refractivity contribution < 1.29 is 35.2 Å². The number of hydrogen-bond acceptors (Lipinski definition) is 6. The van der Waals surface area contributed by atoms with E-state index in [1.807, 2.05) is 0 Å². The van der Waals surface area contributed by atoms with Gasteiger partial charge in [-0.1, -0.05) is 63.7 Å². The Balaban J connectivity index is 2.21.